The van der Waals surface area contributed by atoms with Gasteiger partial charge in [-0.3, -0.25) is 4.72 Å². The van der Waals surface area contributed by atoms with Crippen molar-refractivity contribution in [2.75, 3.05) is 23.7 Å². The molecule has 0 bridgehead atoms. The van der Waals surface area contributed by atoms with Crippen molar-refractivity contribution < 1.29 is 12.8 Å². The molecule has 1 heterocycles. The fourth-order valence-electron chi connectivity index (χ4n) is 1.53. The number of halogens is 1. The zero-order valence-electron chi connectivity index (χ0n) is 11.0. The van der Waals surface area contributed by atoms with Gasteiger partial charge in [-0.1, -0.05) is 12.1 Å². The lowest BCUT2D eigenvalue weighted by Crippen LogP contribution is -2.16. The molecule has 9 heteroatoms. The standard InChI is InChI=1S/C11H14FN5O2S/c1-17(2)11-13-10(14-15-11)16-20(18,19)7-8-4-3-5-9(12)6-8/h3-6H,7H2,1-2H3,(H2,13,14,15,16). The van der Waals surface area contributed by atoms with Crippen LogP contribution in [-0.2, 0) is 15.8 Å². The van der Waals surface area contributed by atoms with E-state index in [1.54, 1.807) is 19.0 Å². The highest BCUT2D eigenvalue weighted by atomic mass is 32.2. The van der Waals surface area contributed by atoms with Crippen molar-refractivity contribution in [3.63, 3.8) is 0 Å². The Morgan fingerprint density at radius 3 is 2.75 bits per heavy atom. The van der Waals surface area contributed by atoms with Gasteiger partial charge in [0.25, 0.3) is 0 Å². The first-order valence-corrected chi connectivity index (χ1v) is 7.35. The molecule has 0 aliphatic heterocycles. The van der Waals surface area contributed by atoms with Crippen LogP contribution in [0.5, 0.6) is 0 Å². The molecule has 0 atom stereocenters. The minimum Gasteiger partial charge on any atom is -0.346 e. The molecule has 2 N–H and O–H groups in total. The number of sulfonamides is 1. The number of rotatable bonds is 5. The molecular weight excluding hydrogens is 285 g/mol. The smallest absolute Gasteiger partial charge is 0.245 e. The minimum absolute atomic E-state index is 0.0186. The van der Waals surface area contributed by atoms with E-state index >= 15 is 0 Å². The largest absolute Gasteiger partial charge is 0.346 e. The molecule has 0 unspecified atom stereocenters. The monoisotopic (exact) mass is 299 g/mol. The van der Waals surface area contributed by atoms with Crippen LogP contribution >= 0.6 is 0 Å². The van der Waals surface area contributed by atoms with E-state index < -0.39 is 15.8 Å². The number of nitrogens with zero attached hydrogens (tertiary/aromatic N) is 3. The summed E-state index contributed by atoms with van der Waals surface area (Å²) < 4.78 is 39.1. The SMILES string of the molecule is CN(C)c1n[nH]c(NS(=O)(=O)Cc2cccc(F)c2)n1. The second-order valence-electron chi connectivity index (χ2n) is 4.37. The first kappa shape index (κ1) is 14.3. The maximum atomic E-state index is 13.0. The van der Waals surface area contributed by atoms with Crippen LogP contribution in [0.2, 0.25) is 0 Å². The first-order chi connectivity index (χ1) is 9.35. The van der Waals surface area contributed by atoms with E-state index in [1.165, 1.54) is 24.3 Å². The second-order valence-corrected chi connectivity index (χ2v) is 6.09. The zero-order chi connectivity index (χ0) is 14.8. The molecule has 0 amide bonds. The molecule has 1 aromatic heterocycles. The van der Waals surface area contributed by atoms with E-state index in [0.717, 1.165) is 0 Å². The Balaban J connectivity index is 2.10. The van der Waals surface area contributed by atoms with Gasteiger partial charge in [0, 0.05) is 14.1 Å². The molecule has 0 aliphatic carbocycles. The maximum Gasteiger partial charge on any atom is 0.245 e. The highest BCUT2D eigenvalue weighted by molar-refractivity contribution is 7.91. The van der Waals surface area contributed by atoms with Gasteiger partial charge < -0.3 is 4.90 Å². The molecule has 108 valence electrons. The van der Waals surface area contributed by atoms with Gasteiger partial charge in [0.1, 0.15) is 5.82 Å². The van der Waals surface area contributed by atoms with E-state index in [9.17, 15) is 12.8 Å². The lowest BCUT2D eigenvalue weighted by atomic mass is 10.2. The van der Waals surface area contributed by atoms with Crippen molar-refractivity contribution in [2.45, 2.75) is 5.75 Å². The van der Waals surface area contributed by atoms with Crippen molar-refractivity contribution >= 4 is 21.9 Å². The Bertz CT molecular complexity index is 698. The Morgan fingerprint density at radius 1 is 1.40 bits per heavy atom. The highest BCUT2D eigenvalue weighted by Crippen LogP contribution is 2.12. The van der Waals surface area contributed by atoms with Gasteiger partial charge in [0.05, 0.1) is 5.75 Å². The quantitative estimate of drug-likeness (QED) is 0.858. The van der Waals surface area contributed by atoms with E-state index in [2.05, 4.69) is 19.9 Å². The predicted octanol–water partition coefficient (Wildman–Crippen LogP) is 0.952. The van der Waals surface area contributed by atoms with Crippen molar-refractivity contribution in [1.29, 1.82) is 0 Å². The third-order valence-corrected chi connectivity index (χ3v) is 3.59. The Morgan fingerprint density at radius 2 is 2.15 bits per heavy atom. The number of H-pyrrole nitrogens is 1. The third kappa shape index (κ3) is 3.67. The molecular formula is C11H14FN5O2S. The third-order valence-electron chi connectivity index (χ3n) is 2.37. The lowest BCUT2D eigenvalue weighted by Gasteiger charge is -2.06. The number of aromatic nitrogens is 3. The highest BCUT2D eigenvalue weighted by Gasteiger charge is 2.15. The summed E-state index contributed by atoms with van der Waals surface area (Å²) in [6, 6.07) is 5.42. The van der Waals surface area contributed by atoms with E-state index in [-0.39, 0.29) is 11.7 Å². The molecule has 0 saturated carbocycles. The van der Waals surface area contributed by atoms with Crippen LogP contribution in [0.1, 0.15) is 5.56 Å². The number of benzene rings is 1. The summed E-state index contributed by atoms with van der Waals surface area (Å²) in [5, 5.41) is 6.30. The van der Waals surface area contributed by atoms with Crippen molar-refractivity contribution in [1.82, 2.24) is 15.2 Å². The molecule has 0 fully saturated rings. The number of nitrogens with one attached hydrogen (secondary N) is 2. The predicted molar refractivity (Wildman–Crippen MR) is 73.4 cm³/mol. The van der Waals surface area contributed by atoms with Gasteiger partial charge in [-0.05, 0) is 17.7 Å². The summed E-state index contributed by atoms with van der Waals surface area (Å²) in [5.41, 5.74) is 0.352. The van der Waals surface area contributed by atoms with E-state index in [0.29, 0.717) is 11.5 Å². The molecule has 0 spiro atoms. The number of hydrogen-bond donors (Lipinski definition) is 2. The normalized spacial score (nSPS) is 11.3. The van der Waals surface area contributed by atoms with Crippen molar-refractivity contribution in [3.05, 3.63) is 35.6 Å². The molecule has 7 nitrogen and oxygen atoms in total. The van der Waals surface area contributed by atoms with Crippen LogP contribution in [0.4, 0.5) is 16.3 Å². The maximum absolute atomic E-state index is 13.0. The number of anilines is 2. The fraction of sp³-hybridized carbons (Fsp3) is 0.273. The van der Waals surface area contributed by atoms with E-state index in [4.69, 9.17) is 0 Å². The summed E-state index contributed by atoms with van der Waals surface area (Å²) in [4.78, 5) is 5.57. The van der Waals surface area contributed by atoms with Crippen molar-refractivity contribution in [2.24, 2.45) is 0 Å². The topological polar surface area (TPSA) is 91.0 Å². The summed E-state index contributed by atoms with van der Waals surface area (Å²) in [7, 11) is -0.225. The molecule has 0 saturated heterocycles. The summed E-state index contributed by atoms with van der Waals surface area (Å²) in [6.07, 6.45) is 0. The Hall–Kier alpha value is -2.16. The molecule has 1 aromatic carbocycles. The number of aromatic amines is 1. The second kappa shape index (κ2) is 5.45. The summed E-state index contributed by atoms with van der Waals surface area (Å²) >= 11 is 0. The van der Waals surface area contributed by atoms with Crippen LogP contribution in [0.3, 0.4) is 0 Å². The van der Waals surface area contributed by atoms with Gasteiger partial charge in [0.2, 0.25) is 21.9 Å². The zero-order valence-corrected chi connectivity index (χ0v) is 11.8. The summed E-state index contributed by atoms with van der Waals surface area (Å²) in [6.45, 7) is 0. The van der Waals surface area contributed by atoms with Gasteiger partial charge in [0.15, 0.2) is 0 Å². The van der Waals surface area contributed by atoms with Crippen molar-refractivity contribution in [3.8, 4) is 0 Å². The van der Waals surface area contributed by atoms with Crippen LogP contribution in [0.15, 0.2) is 24.3 Å². The van der Waals surface area contributed by atoms with Gasteiger partial charge in [-0.25, -0.2) is 17.9 Å². The molecule has 2 rings (SSSR count). The van der Waals surface area contributed by atoms with Crippen LogP contribution in [0.25, 0.3) is 0 Å². The summed E-state index contributed by atoms with van der Waals surface area (Å²) in [5.74, 6) is -0.450. The molecule has 2 aromatic rings. The Labute approximate surface area is 115 Å². The molecule has 0 radical (unpaired) electrons. The molecule has 20 heavy (non-hydrogen) atoms. The van der Waals surface area contributed by atoms with Gasteiger partial charge in [-0.15, -0.1) is 5.10 Å². The first-order valence-electron chi connectivity index (χ1n) is 5.70. The average Bonchev–Trinajstić information content (AvgIpc) is 2.75. The van der Waals surface area contributed by atoms with Gasteiger partial charge in [-0.2, -0.15) is 4.98 Å². The van der Waals surface area contributed by atoms with Crippen LogP contribution in [0, 0.1) is 5.82 Å². The molecule has 0 aliphatic rings. The van der Waals surface area contributed by atoms with E-state index in [1.807, 2.05) is 0 Å². The average molecular weight is 299 g/mol. The van der Waals surface area contributed by atoms with Gasteiger partial charge >= 0.3 is 0 Å². The lowest BCUT2D eigenvalue weighted by molar-refractivity contribution is 0.599. The van der Waals surface area contributed by atoms with Crippen LogP contribution in [-0.4, -0.2) is 37.7 Å². The van der Waals surface area contributed by atoms with Crippen LogP contribution < -0.4 is 9.62 Å². The number of hydrogen-bond acceptors (Lipinski definition) is 5. The minimum atomic E-state index is -3.69. The fourth-order valence-corrected chi connectivity index (χ4v) is 2.60. The Kier molecular flexibility index (Phi) is 3.89.